The number of hydrogen-bond donors (Lipinski definition) is 1. The minimum atomic E-state index is -0.0236. The van der Waals surface area contributed by atoms with Crippen molar-refractivity contribution in [1.29, 1.82) is 0 Å². The van der Waals surface area contributed by atoms with E-state index in [0.29, 0.717) is 17.6 Å². The Labute approximate surface area is 120 Å². The van der Waals surface area contributed by atoms with Gasteiger partial charge in [0.15, 0.2) is 0 Å². The van der Waals surface area contributed by atoms with Gasteiger partial charge in [0.05, 0.1) is 12.4 Å². The molecule has 2 rings (SSSR count). The van der Waals surface area contributed by atoms with Crippen LogP contribution in [0, 0.1) is 0 Å². The summed E-state index contributed by atoms with van der Waals surface area (Å²) in [7, 11) is 1.88. The molecule has 0 aliphatic heterocycles. The first-order valence-corrected chi connectivity index (χ1v) is 7.55. The van der Waals surface area contributed by atoms with Crippen molar-refractivity contribution < 1.29 is 4.79 Å². The molecular weight excluding hydrogens is 252 g/mol. The van der Waals surface area contributed by atoms with E-state index in [-0.39, 0.29) is 5.91 Å². The van der Waals surface area contributed by atoms with Crippen molar-refractivity contribution in [3.63, 3.8) is 0 Å². The normalized spacial score (nSPS) is 15.9. The number of nitrogens with one attached hydrogen (secondary N) is 1. The molecule has 110 valence electrons. The molecule has 5 heteroatoms. The van der Waals surface area contributed by atoms with E-state index in [0.717, 1.165) is 25.8 Å². The van der Waals surface area contributed by atoms with E-state index in [2.05, 4.69) is 22.2 Å². The molecule has 1 aliphatic rings. The molecule has 0 unspecified atom stereocenters. The molecule has 20 heavy (non-hydrogen) atoms. The van der Waals surface area contributed by atoms with Gasteiger partial charge in [-0.05, 0) is 19.3 Å². The number of carbonyl (C=O) groups is 1. The van der Waals surface area contributed by atoms with Gasteiger partial charge in [0.25, 0.3) is 5.91 Å². The van der Waals surface area contributed by atoms with E-state index >= 15 is 0 Å². The molecule has 0 bridgehead atoms. The Balaban J connectivity index is 2.03. The lowest BCUT2D eigenvalue weighted by Gasteiger charge is -2.30. The van der Waals surface area contributed by atoms with Gasteiger partial charge >= 0.3 is 0 Å². The highest BCUT2D eigenvalue weighted by Crippen LogP contribution is 2.22. The molecule has 0 spiro atoms. The van der Waals surface area contributed by atoms with Crippen LogP contribution in [0.15, 0.2) is 12.4 Å². The standard InChI is InChI=1S/C15H24N4O/c1-3-9-17-14-11-16-10-13(18-14)15(20)19(2)12-7-5-4-6-8-12/h10-12H,3-9H2,1-2H3,(H,17,18). The first-order chi connectivity index (χ1) is 9.72. The van der Waals surface area contributed by atoms with Crippen LogP contribution in [0.3, 0.4) is 0 Å². The van der Waals surface area contributed by atoms with Crippen LogP contribution in [0.1, 0.15) is 55.9 Å². The zero-order chi connectivity index (χ0) is 14.4. The van der Waals surface area contributed by atoms with Gasteiger partial charge in [-0.2, -0.15) is 0 Å². The van der Waals surface area contributed by atoms with Crippen molar-refractivity contribution >= 4 is 11.7 Å². The average Bonchev–Trinajstić information content (AvgIpc) is 2.52. The van der Waals surface area contributed by atoms with Crippen molar-refractivity contribution in [3.8, 4) is 0 Å². The monoisotopic (exact) mass is 276 g/mol. The Kier molecular flexibility index (Phi) is 5.32. The minimum Gasteiger partial charge on any atom is -0.369 e. The fraction of sp³-hybridized carbons (Fsp3) is 0.667. The number of nitrogens with zero attached hydrogens (tertiary/aromatic N) is 3. The van der Waals surface area contributed by atoms with E-state index in [1.807, 2.05) is 11.9 Å². The Morgan fingerprint density at radius 3 is 2.80 bits per heavy atom. The number of amides is 1. The Hall–Kier alpha value is -1.65. The molecule has 1 heterocycles. The molecule has 0 atom stereocenters. The summed E-state index contributed by atoms with van der Waals surface area (Å²) in [6.45, 7) is 2.93. The first kappa shape index (κ1) is 14.8. The second-order valence-corrected chi connectivity index (χ2v) is 5.42. The molecule has 5 nitrogen and oxygen atoms in total. The van der Waals surface area contributed by atoms with E-state index < -0.39 is 0 Å². The van der Waals surface area contributed by atoms with Crippen molar-refractivity contribution in [2.45, 2.75) is 51.5 Å². The van der Waals surface area contributed by atoms with Crippen LogP contribution < -0.4 is 5.32 Å². The number of hydrogen-bond acceptors (Lipinski definition) is 4. The summed E-state index contributed by atoms with van der Waals surface area (Å²) < 4.78 is 0. The van der Waals surface area contributed by atoms with Crippen LogP contribution >= 0.6 is 0 Å². The van der Waals surface area contributed by atoms with Crippen molar-refractivity contribution in [1.82, 2.24) is 14.9 Å². The smallest absolute Gasteiger partial charge is 0.274 e. The predicted octanol–water partition coefficient (Wildman–Crippen LogP) is 2.70. The lowest BCUT2D eigenvalue weighted by Crippen LogP contribution is -2.38. The number of carbonyl (C=O) groups excluding carboxylic acids is 1. The lowest BCUT2D eigenvalue weighted by molar-refractivity contribution is 0.0690. The van der Waals surface area contributed by atoms with Crippen LogP contribution in [-0.2, 0) is 0 Å². The van der Waals surface area contributed by atoms with Crippen molar-refractivity contribution in [3.05, 3.63) is 18.1 Å². The van der Waals surface area contributed by atoms with Gasteiger partial charge in [-0.15, -0.1) is 0 Å². The minimum absolute atomic E-state index is 0.0236. The fourth-order valence-corrected chi connectivity index (χ4v) is 2.62. The summed E-state index contributed by atoms with van der Waals surface area (Å²) in [5.41, 5.74) is 0.430. The molecular formula is C15H24N4O. The summed E-state index contributed by atoms with van der Waals surface area (Å²) in [5, 5.41) is 3.16. The highest BCUT2D eigenvalue weighted by Gasteiger charge is 2.24. The largest absolute Gasteiger partial charge is 0.369 e. The second kappa shape index (κ2) is 7.22. The second-order valence-electron chi connectivity index (χ2n) is 5.42. The third-order valence-electron chi connectivity index (χ3n) is 3.85. The quantitative estimate of drug-likeness (QED) is 0.898. The van der Waals surface area contributed by atoms with Crippen molar-refractivity contribution in [2.24, 2.45) is 0 Å². The number of anilines is 1. The van der Waals surface area contributed by atoms with Crippen LogP contribution in [0.25, 0.3) is 0 Å². The summed E-state index contributed by atoms with van der Waals surface area (Å²) in [6, 6.07) is 0.352. The van der Waals surface area contributed by atoms with E-state index in [4.69, 9.17) is 0 Å². The fourth-order valence-electron chi connectivity index (χ4n) is 2.62. The van der Waals surface area contributed by atoms with Crippen LogP contribution in [0.2, 0.25) is 0 Å². The maximum Gasteiger partial charge on any atom is 0.274 e. The molecule has 0 saturated heterocycles. The molecule has 1 fully saturated rings. The lowest BCUT2D eigenvalue weighted by atomic mass is 9.94. The van der Waals surface area contributed by atoms with Gasteiger partial charge in [0.2, 0.25) is 0 Å². The molecule has 1 amide bonds. The van der Waals surface area contributed by atoms with E-state index in [9.17, 15) is 4.79 Å². The maximum atomic E-state index is 12.5. The molecule has 1 aliphatic carbocycles. The summed E-state index contributed by atoms with van der Waals surface area (Å²) >= 11 is 0. The third kappa shape index (κ3) is 3.68. The Morgan fingerprint density at radius 1 is 1.35 bits per heavy atom. The maximum absolute atomic E-state index is 12.5. The SMILES string of the molecule is CCCNc1cncc(C(=O)N(C)C2CCCCC2)n1. The zero-order valence-electron chi connectivity index (χ0n) is 12.4. The number of aromatic nitrogens is 2. The summed E-state index contributed by atoms with van der Waals surface area (Å²) in [4.78, 5) is 22.8. The average molecular weight is 276 g/mol. The molecule has 0 aromatic carbocycles. The molecule has 0 radical (unpaired) electrons. The third-order valence-corrected chi connectivity index (χ3v) is 3.85. The molecule has 1 N–H and O–H groups in total. The highest BCUT2D eigenvalue weighted by atomic mass is 16.2. The summed E-state index contributed by atoms with van der Waals surface area (Å²) in [6.07, 6.45) is 10.1. The van der Waals surface area contributed by atoms with Crippen LogP contribution in [-0.4, -0.2) is 40.4 Å². The Bertz CT molecular complexity index is 443. The van der Waals surface area contributed by atoms with E-state index in [1.165, 1.54) is 19.3 Å². The molecule has 1 aromatic heterocycles. The van der Waals surface area contributed by atoms with Crippen molar-refractivity contribution in [2.75, 3.05) is 18.9 Å². The van der Waals surface area contributed by atoms with Gasteiger partial charge in [-0.3, -0.25) is 9.78 Å². The Morgan fingerprint density at radius 2 is 2.10 bits per heavy atom. The summed E-state index contributed by atoms with van der Waals surface area (Å²) in [5.74, 6) is 0.652. The number of rotatable bonds is 5. The zero-order valence-corrected chi connectivity index (χ0v) is 12.4. The molecule has 1 saturated carbocycles. The van der Waals surface area contributed by atoms with Crippen LogP contribution in [0.5, 0.6) is 0 Å². The van der Waals surface area contributed by atoms with Gasteiger partial charge in [0, 0.05) is 19.6 Å². The first-order valence-electron chi connectivity index (χ1n) is 7.55. The van der Waals surface area contributed by atoms with Gasteiger partial charge in [-0.25, -0.2) is 4.98 Å². The van der Waals surface area contributed by atoms with Crippen LogP contribution in [0.4, 0.5) is 5.82 Å². The van der Waals surface area contributed by atoms with E-state index in [1.54, 1.807) is 12.4 Å². The van der Waals surface area contributed by atoms with Gasteiger partial charge in [0.1, 0.15) is 11.5 Å². The highest BCUT2D eigenvalue weighted by molar-refractivity contribution is 5.92. The molecule has 1 aromatic rings. The topological polar surface area (TPSA) is 58.1 Å². The van der Waals surface area contributed by atoms with Gasteiger partial charge < -0.3 is 10.2 Å². The predicted molar refractivity (Wildman–Crippen MR) is 79.8 cm³/mol. The van der Waals surface area contributed by atoms with Gasteiger partial charge in [-0.1, -0.05) is 26.2 Å².